The summed E-state index contributed by atoms with van der Waals surface area (Å²) in [7, 11) is -2.70. The third kappa shape index (κ3) is 8.70. The normalized spacial score (nSPS) is 14.3. The molecule has 0 rings (SSSR count). The number of nitrogens with one attached hydrogen (secondary N) is 1. The number of sulfonamides is 1. The van der Waals surface area contributed by atoms with Crippen molar-refractivity contribution in [1.82, 2.24) is 4.72 Å². The Labute approximate surface area is 111 Å². The van der Waals surface area contributed by atoms with Crippen molar-refractivity contribution in [2.75, 3.05) is 19.4 Å². The zero-order valence-electron chi connectivity index (χ0n) is 9.46. The van der Waals surface area contributed by atoms with E-state index in [-0.39, 0.29) is 6.54 Å². The maximum absolute atomic E-state index is 11.8. The van der Waals surface area contributed by atoms with Gasteiger partial charge in [0.2, 0.25) is 10.0 Å². The summed E-state index contributed by atoms with van der Waals surface area (Å²) in [5.74, 6) is -1.32. The van der Waals surface area contributed by atoms with Crippen molar-refractivity contribution in [3.05, 3.63) is 0 Å². The molecule has 0 aromatic heterocycles. The van der Waals surface area contributed by atoms with Crippen molar-refractivity contribution >= 4 is 31.9 Å². The molecule has 0 heterocycles. The molecule has 0 aliphatic rings. The summed E-state index contributed by atoms with van der Waals surface area (Å²) in [4.78, 5) is 10.0. The van der Waals surface area contributed by atoms with E-state index in [1.54, 1.807) is 0 Å². The maximum atomic E-state index is 11.8. The van der Waals surface area contributed by atoms with E-state index in [9.17, 15) is 26.4 Å². The van der Waals surface area contributed by atoms with E-state index in [1.165, 1.54) is 0 Å². The van der Waals surface area contributed by atoms with E-state index < -0.39 is 45.6 Å². The van der Waals surface area contributed by atoms with Crippen LogP contribution in [-0.2, 0) is 19.6 Å². The fourth-order valence-electron chi connectivity index (χ4n) is 0.946. The molecule has 1 atom stereocenters. The molecule has 108 valence electrons. The highest BCUT2D eigenvalue weighted by atomic mass is 79.9. The maximum Gasteiger partial charge on any atom is 0.389 e. The van der Waals surface area contributed by atoms with Gasteiger partial charge in [-0.05, 0) is 6.42 Å². The number of rotatable bonds is 7. The molecular formula is C8H13BrF3NO4S. The smallest absolute Gasteiger partial charge is 0.389 e. The van der Waals surface area contributed by atoms with Gasteiger partial charge in [0, 0.05) is 13.0 Å². The van der Waals surface area contributed by atoms with E-state index in [0.29, 0.717) is 0 Å². The predicted octanol–water partition coefficient (Wildman–Crippen LogP) is 1.18. The van der Waals surface area contributed by atoms with Gasteiger partial charge >= 0.3 is 12.1 Å². The van der Waals surface area contributed by atoms with Crippen LogP contribution >= 0.6 is 15.9 Å². The number of ether oxygens (including phenoxy) is 1. The molecule has 18 heavy (non-hydrogen) atoms. The summed E-state index contributed by atoms with van der Waals surface area (Å²) >= 11 is 2.87. The Morgan fingerprint density at radius 3 is 2.44 bits per heavy atom. The number of carbonyl (C=O) groups excluding carboxylic acids is 1. The molecule has 0 spiro atoms. The van der Waals surface area contributed by atoms with Gasteiger partial charge in [0.1, 0.15) is 4.83 Å². The van der Waals surface area contributed by atoms with E-state index in [2.05, 4.69) is 20.7 Å². The topological polar surface area (TPSA) is 72.5 Å². The van der Waals surface area contributed by atoms with Crippen LogP contribution in [0.2, 0.25) is 0 Å². The minimum Gasteiger partial charge on any atom is -0.468 e. The van der Waals surface area contributed by atoms with E-state index in [1.807, 2.05) is 4.72 Å². The van der Waals surface area contributed by atoms with Crippen LogP contribution in [0.5, 0.6) is 0 Å². The van der Waals surface area contributed by atoms with Gasteiger partial charge in [0.25, 0.3) is 0 Å². The largest absolute Gasteiger partial charge is 0.468 e. The molecule has 0 radical (unpaired) electrons. The number of hydrogen-bond donors (Lipinski definition) is 1. The van der Waals surface area contributed by atoms with Gasteiger partial charge < -0.3 is 4.74 Å². The van der Waals surface area contributed by atoms with Crippen LogP contribution in [0.4, 0.5) is 13.2 Å². The van der Waals surface area contributed by atoms with Crippen LogP contribution in [0.1, 0.15) is 12.8 Å². The van der Waals surface area contributed by atoms with E-state index >= 15 is 0 Å². The highest BCUT2D eigenvalue weighted by molar-refractivity contribution is 9.10. The van der Waals surface area contributed by atoms with Crippen LogP contribution in [0.15, 0.2) is 0 Å². The Kier molecular flexibility index (Phi) is 7.15. The van der Waals surface area contributed by atoms with Gasteiger partial charge in [-0.15, -0.1) is 0 Å². The number of hydrogen-bond acceptors (Lipinski definition) is 4. The number of methoxy groups -OCH3 is 1. The highest BCUT2D eigenvalue weighted by Crippen LogP contribution is 2.21. The number of alkyl halides is 4. The highest BCUT2D eigenvalue weighted by Gasteiger charge is 2.27. The molecule has 0 aliphatic heterocycles. The second kappa shape index (κ2) is 7.29. The van der Waals surface area contributed by atoms with Crippen molar-refractivity contribution in [3.8, 4) is 0 Å². The lowest BCUT2D eigenvalue weighted by molar-refractivity contribution is -0.139. The molecule has 0 bridgehead atoms. The molecule has 0 saturated carbocycles. The number of carbonyl (C=O) groups is 1. The lowest BCUT2D eigenvalue weighted by atomic mass is 10.3. The first-order valence-corrected chi connectivity index (χ1v) is 7.40. The summed E-state index contributed by atoms with van der Waals surface area (Å²) in [6, 6.07) is 0. The summed E-state index contributed by atoms with van der Waals surface area (Å²) in [6.07, 6.45) is -6.06. The molecule has 1 unspecified atom stereocenters. The third-order valence-electron chi connectivity index (χ3n) is 1.81. The molecular weight excluding hydrogens is 343 g/mol. The number of halogens is 4. The standard InChI is InChI=1S/C8H13BrF3NO4S/c1-17-7(14)6(9)5-13-18(15,16)4-2-3-8(10,11)12/h6,13H,2-5H2,1H3. The van der Waals surface area contributed by atoms with Crippen molar-refractivity contribution in [3.63, 3.8) is 0 Å². The molecule has 0 fully saturated rings. The first-order chi connectivity index (χ1) is 8.07. The second-order valence-corrected chi connectivity index (χ2v) is 6.41. The zero-order valence-corrected chi connectivity index (χ0v) is 11.9. The Balaban J connectivity index is 4.06. The average molecular weight is 356 g/mol. The monoisotopic (exact) mass is 355 g/mol. The van der Waals surface area contributed by atoms with E-state index in [0.717, 1.165) is 7.11 Å². The zero-order chi connectivity index (χ0) is 14.4. The third-order valence-corrected chi connectivity index (χ3v) is 3.94. The molecule has 1 N–H and O–H groups in total. The Morgan fingerprint density at radius 2 is 2.00 bits per heavy atom. The summed E-state index contributed by atoms with van der Waals surface area (Å²) < 4.78 is 64.3. The molecule has 0 aliphatic carbocycles. The van der Waals surface area contributed by atoms with Gasteiger partial charge in [-0.25, -0.2) is 13.1 Å². The Hall–Kier alpha value is -0.350. The van der Waals surface area contributed by atoms with Gasteiger partial charge in [-0.3, -0.25) is 4.79 Å². The lowest BCUT2D eigenvalue weighted by Gasteiger charge is -2.10. The van der Waals surface area contributed by atoms with Gasteiger partial charge in [-0.1, -0.05) is 15.9 Å². The molecule has 0 amide bonds. The minimum absolute atomic E-state index is 0.277. The van der Waals surface area contributed by atoms with Crippen molar-refractivity contribution < 1.29 is 31.1 Å². The lowest BCUT2D eigenvalue weighted by Crippen LogP contribution is -2.35. The van der Waals surface area contributed by atoms with Crippen molar-refractivity contribution in [2.24, 2.45) is 0 Å². The summed E-state index contributed by atoms with van der Waals surface area (Å²) in [5, 5.41) is 0. The first kappa shape index (κ1) is 17.6. The first-order valence-electron chi connectivity index (χ1n) is 4.83. The van der Waals surface area contributed by atoms with Crippen LogP contribution < -0.4 is 4.72 Å². The average Bonchev–Trinajstić information content (AvgIpc) is 2.22. The van der Waals surface area contributed by atoms with Gasteiger partial charge in [0.15, 0.2) is 0 Å². The van der Waals surface area contributed by atoms with Gasteiger partial charge in [0.05, 0.1) is 12.9 Å². The second-order valence-electron chi connectivity index (χ2n) is 3.38. The molecule has 0 aromatic rings. The van der Waals surface area contributed by atoms with Crippen LogP contribution in [-0.4, -0.2) is 44.8 Å². The van der Waals surface area contributed by atoms with Gasteiger partial charge in [-0.2, -0.15) is 13.2 Å². The Bertz CT molecular complexity index is 371. The predicted molar refractivity (Wildman–Crippen MR) is 61.8 cm³/mol. The Morgan fingerprint density at radius 1 is 1.44 bits per heavy atom. The quantitative estimate of drug-likeness (QED) is 0.549. The van der Waals surface area contributed by atoms with Crippen molar-refractivity contribution in [1.29, 1.82) is 0 Å². The number of esters is 1. The van der Waals surface area contributed by atoms with Crippen LogP contribution in [0.25, 0.3) is 0 Å². The molecule has 0 aromatic carbocycles. The van der Waals surface area contributed by atoms with Crippen LogP contribution in [0, 0.1) is 0 Å². The van der Waals surface area contributed by atoms with Crippen molar-refractivity contribution in [2.45, 2.75) is 23.8 Å². The fraction of sp³-hybridized carbons (Fsp3) is 0.875. The molecule has 10 heteroatoms. The summed E-state index contributed by atoms with van der Waals surface area (Å²) in [5.41, 5.74) is 0. The summed E-state index contributed by atoms with van der Waals surface area (Å²) in [6.45, 7) is -0.277. The van der Waals surface area contributed by atoms with Crippen LogP contribution in [0.3, 0.4) is 0 Å². The minimum atomic E-state index is -4.38. The SMILES string of the molecule is COC(=O)C(Br)CNS(=O)(=O)CCCC(F)(F)F. The molecule has 5 nitrogen and oxygen atoms in total. The van der Waals surface area contributed by atoms with E-state index in [4.69, 9.17) is 0 Å². The molecule has 0 saturated heterocycles. The fourth-order valence-corrected chi connectivity index (χ4v) is 2.60.